The van der Waals surface area contributed by atoms with Crippen molar-refractivity contribution in [1.82, 2.24) is 20.9 Å². The fraction of sp³-hybridized carbons (Fsp3) is 0.571. The summed E-state index contributed by atoms with van der Waals surface area (Å²) in [6.07, 6.45) is 8.05. The minimum absolute atomic E-state index is 0.0306. The minimum Gasteiger partial charge on any atom is -0.338 e. The van der Waals surface area contributed by atoms with E-state index >= 15 is 0 Å². The van der Waals surface area contributed by atoms with E-state index in [9.17, 15) is 4.79 Å². The molecule has 1 aromatic rings. The van der Waals surface area contributed by atoms with Crippen molar-refractivity contribution in [1.29, 1.82) is 0 Å². The van der Waals surface area contributed by atoms with Gasteiger partial charge in [-0.2, -0.15) is 0 Å². The van der Waals surface area contributed by atoms with Crippen LogP contribution in [0.15, 0.2) is 24.5 Å². The molecule has 19 heavy (non-hydrogen) atoms. The van der Waals surface area contributed by atoms with E-state index in [4.69, 9.17) is 0 Å². The first-order valence-electron chi connectivity index (χ1n) is 6.98. The van der Waals surface area contributed by atoms with E-state index in [2.05, 4.69) is 20.9 Å². The fourth-order valence-corrected chi connectivity index (χ4v) is 1.94. The van der Waals surface area contributed by atoms with Crippen molar-refractivity contribution in [3.8, 4) is 0 Å². The lowest BCUT2D eigenvalue weighted by Gasteiger charge is -2.26. The quantitative estimate of drug-likeness (QED) is 0.651. The Balaban J connectivity index is 1.44. The molecule has 0 saturated heterocycles. The standard InChI is InChI=1S/C14H22N4O/c19-14(18-13-5-1-6-13)17-9-3-8-16-11-12-4-2-7-15-10-12/h2,4,7,10,13,16H,1,3,5-6,8-9,11H2,(H2,17,18,19). The zero-order chi connectivity index (χ0) is 13.3. The predicted molar refractivity (Wildman–Crippen MR) is 74.7 cm³/mol. The lowest BCUT2D eigenvalue weighted by Crippen LogP contribution is -2.45. The van der Waals surface area contributed by atoms with Crippen molar-refractivity contribution in [2.24, 2.45) is 0 Å². The number of aromatic nitrogens is 1. The van der Waals surface area contributed by atoms with Crippen molar-refractivity contribution in [2.75, 3.05) is 13.1 Å². The molecule has 1 aliphatic rings. The SMILES string of the molecule is O=C(NCCCNCc1cccnc1)NC1CCC1. The van der Waals surface area contributed by atoms with Crippen molar-refractivity contribution >= 4 is 6.03 Å². The molecule has 0 aromatic carbocycles. The van der Waals surface area contributed by atoms with Crippen LogP contribution in [0.3, 0.4) is 0 Å². The molecule has 2 rings (SSSR count). The fourth-order valence-electron chi connectivity index (χ4n) is 1.94. The summed E-state index contributed by atoms with van der Waals surface area (Å²) in [6.45, 7) is 2.42. The van der Waals surface area contributed by atoms with Crippen LogP contribution in [0.25, 0.3) is 0 Å². The zero-order valence-electron chi connectivity index (χ0n) is 11.2. The number of carbonyl (C=O) groups excluding carboxylic acids is 1. The van der Waals surface area contributed by atoms with Gasteiger partial charge in [0.2, 0.25) is 0 Å². The first kappa shape index (κ1) is 13.8. The smallest absolute Gasteiger partial charge is 0.315 e. The Morgan fingerprint density at radius 3 is 2.95 bits per heavy atom. The van der Waals surface area contributed by atoms with Gasteiger partial charge in [0.25, 0.3) is 0 Å². The Morgan fingerprint density at radius 1 is 1.37 bits per heavy atom. The Morgan fingerprint density at radius 2 is 2.26 bits per heavy atom. The summed E-state index contributed by atoms with van der Waals surface area (Å²) in [7, 11) is 0. The number of hydrogen-bond donors (Lipinski definition) is 3. The summed E-state index contributed by atoms with van der Waals surface area (Å²) in [5, 5.41) is 9.16. The number of carbonyl (C=O) groups is 1. The van der Waals surface area contributed by atoms with Gasteiger partial charge in [-0.1, -0.05) is 6.07 Å². The van der Waals surface area contributed by atoms with Crippen LogP contribution in [0.2, 0.25) is 0 Å². The Hall–Kier alpha value is -1.62. The highest BCUT2D eigenvalue weighted by Crippen LogP contribution is 2.17. The van der Waals surface area contributed by atoms with Crippen LogP contribution in [0.1, 0.15) is 31.2 Å². The molecule has 5 heteroatoms. The van der Waals surface area contributed by atoms with Crippen LogP contribution in [-0.4, -0.2) is 30.1 Å². The first-order chi connectivity index (χ1) is 9.34. The van der Waals surface area contributed by atoms with Crippen LogP contribution >= 0.6 is 0 Å². The molecule has 1 aliphatic carbocycles. The number of rotatable bonds is 7. The minimum atomic E-state index is -0.0306. The van der Waals surface area contributed by atoms with Gasteiger partial charge < -0.3 is 16.0 Å². The molecule has 0 aliphatic heterocycles. The monoisotopic (exact) mass is 262 g/mol. The number of urea groups is 1. The Bertz CT molecular complexity index is 378. The second-order valence-corrected chi connectivity index (χ2v) is 4.92. The molecule has 0 atom stereocenters. The Kier molecular flexibility index (Phi) is 5.62. The third-order valence-electron chi connectivity index (χ3n) is 3.31. The van der Waals surface area contributed by atoms with Crippen LogP contribution in [0.5, 0.6) is 0 Å². The molecule has 1 fully saturated rings. The number of amides is 2. The van der Waals surface area contributed by atoms with Crippen molar-refractivity contribution in [3.05, 3.63) is 30.1 Å². The van der Waals surface area contributed by atoms with Gasteiger partial charge in [0.05, 0.1) is 0 Å². The number of nitrogens with one attached hydrogen (secondary N) is 3. The highest BCUT2D eigenvalue weighted by Gasteiger charge is 2.18. The molecule has 3 N–H and O–H groups in total. The topological polar surface area (TPSA) is 66.0 Å². The molecule has 0 spiro atoms. The van der Waals surface area contributed by atoms with E-state index in [1.807, 2.05) is 18.3 Å². The zero-order valence-corrected chi connectivity index (χ0v) is 11.2. The number of pyridine rings is 1. The molecule has 0 radical (unpaired) electrons. The molecule has 1 aromatic heterocycles. The third kappa shape index (κ3) is 5.26. The Labute approximate surface area is 114 Å². The molecular weight excluding hydrogens is 240 g/mol. The molecular formula is C14H22N4O. The van der Waals surface area contributed by atoms with Gasteiger partial charge in [-0.15, -0.1) is 0 Å². The molecule has 104 valence electrons. The van der Waals surface area contributed by atoms with Gasteiger partial charge in [-0.3, -0.25) is 4.98 Å². The van der Waals surface area contributed by atoms with Crippen molar-refractivity contribution in [3.63, 3.8) is 0 Å². The predicted octanol–water partition coefficient (Wildman–Crippen LogP) is 1.41. The van der Waals surface area contributed by atoms with E-state index in [1.54, 1.807) is 6.20 Å². The summed E-state index contributed by atoms with van der Waals surface area (Å²) >= 11 is 0. The summed E-state index contributed by atoms with van der Waals surface area (Å²) < 4.78 is 0. The van der Waals surface area contributed by atoms with Crippen molar-refractivity contribution in [2.45, 2.75) is 38.3 Å². The highest BCUT2D eigenvalue weighted by molar-refractivity contribution is 5.74. The van der Waals surface area contributed by atoms with Crippen LogP contribution in [0, 0.1) is 0 Å². The van der Waals surface area contributed by atoms with E-state index in [-0.39, 0.29) is 6.03 Å². The number of nitrogens with zero attached hydrogens (tertiary/aromatic N) is 1. The molecule has 2 amide bonds. The summed E-state index contributed by atoms with van der Waals surface area (Å²) in [5.41, 5.74) is 1.18. The largest absolute Gasteiger partial charge is 0.338 e. The molecule has 1 saturated carbocycles. The van der Waals surface area contributed by atoms with Crippen molar-refractivity contribution < 1.29 is 4.79 Å². The summed E-state index contributed by atoms with van der Waals surface area (Å²) in [4.78, 5) is 15.5. The maximum Gasteiger partial charge on any atom is 0.315 e. The molecule has 1 heterocycles. The van der Waals surface area contributed by atoms with Crippen LogP contribution < -0.4 is 16.0 Å². The molecule has 5 nitrogen and oxygen atoms in total. The van der Waals surface area contributed by atoms with Gasteiger partial charge in [0.15, 0.2) is 0 Å². The summed E-state index contributed by atoms with van der Waals surface area (Å²) in [5.74, 6) is 0. The van der Waals surface area contributed by atoms with Crippen LogP contribution in [-0.2, 0) is 6.54 Å². The normalized spacial score (nSPS) is 14.7. The highest BCUT2D eigenvalue weighted by atomic mass is 16.2. The average Bonchev–Trinajstić information content (AvgIpc) is 2.39. The maximum absolute atomic E-state index is 11.4. The molecule has 0 bridgehead atoms. The molecule has 0 unspecified atom stereocenters. The van der Waals surface area contributed by atoms with Gasteiger partial charge in [-0.25, -0.2) is 4.79 Å². The summed E-state index contributed by atoms with van der Waals surface area (Å²) in [6, 6.07) is 4.36. The van der Waals surface area contributed by atoms with E-state index in [0.29, 0.717) is 12.6 Å². The average molecular weight is 262 g/mol. The van der Waals surface area contributed by atoms with Gasteiger partial charge in [0, 0.05) is 31.5 Å². The lowest BCUT2D eigenvalue weighted by molar-refractivity contribution is 0.228. The second kappa shape index (κ2) is 7.74. The van der Waals surface area contributed by atoms with E-state index < -0.39 is 0 Å². The first-order valence-corrected chi connectivity index (χ1v) is 6.98. The van der Waals surface area contributed by atoms with Crippen LogP contribution in [0.4, 0.5) is 4.79 Å². The number of hydrogen-bond acceptors (Lipinski definition) is 3. The van der Waals surface area contributed by atoms with Gasteiger partial charge in [0.1, 0.15) is 0 Å². The van der Waals surface area contributed by atoms with Gasteiger partial charge >= 0.3 is 6.03 Å². The van der Waals surface area contributed by atoms with E-state index in [0.717, 1.165) is 32.4 Å². The maximum atomic E-state index is 11.4. The lowest BCUT2D eigenvalue weighted by atomic mass is 9.93. The van der Waals surface area contributed by atoms with E-state index in [1.165, 1.54) is 12.0 Å². The van der Waals surface area contributed by atoms with Gasteiger partial charge in [-0.05, 0) is 43.9 Å². The second-order valence-electron chi connectivity index (χ2n) is 4.92. The third-order valence-corrected chi connectivity index (χ3v) is 3.31.